The van der Waals surface area contributed by atoms with E-state index in [0.717, 1.165) is 36.3 Å². The number of carbonyl (C=O) groups excluding carboxylic acids is 1. The molecule has 1 aromatic heterocycles. The molecule has 1 aliphatic heterocycles. The number of nitrogens with one attached hydrogen (secondary N) is 2. The van der Waals surface area contributed by atoms with Crippen LogP contribution in [0.25, 0.3) is 11.4 Å². The summed E-state index contributed by atoms with van der Waals surface area (Å²) in [4.78, 5) is 14.2. The molecule has 1 amide bonds. The van der Waals surface area contributed by atoms with Crippen molar-refractivity contribution in [2.45, 2.75) is 32.7 Å². The van der Waals surface area contributed by atoms with E-state index in [1.165, 1.54) is 0 Å². The molecule has 0 spiro atoms. The van der Waals surface area contributed by atoms with Crippen molar-refractivity contribution < 1.29 is 18.3 Å². The molecule has 0 unspecified atom stereocenters. The summed E-state index contributed by atoms with van der Waals surface area (Å²) >= 11 is 5.31. The number of ether oxygens (including phenoxy) is 1. The van der Waals surface area contributed by atoms with E-state index >= 15 is 0 Å². The minimum absolute atomic E-state index is 0.0322. The highest BCUT2D eigenvalue weighted by Crippen LogP contribution is 2.30. The maximum Gasteiger partial charge on any atom is 0.226 e. The smallest absolute Gasteiger partial charge is 0.226 e. The zero-order chi connectivity index (χ0) is 23.4. The lowest BCUT2D eigenvalue weighted by Crippen LogP contribution is -2.21. The van der Waals surface area contributed by atoms with Gasteiger partial charge in [-0.25, -0.2) is 8.78 Å². The fourth-order valence-corrected chi connectivity index (χ4v) is 4.15. The molecule has 1 saturated heterocycles. The average Bonchev–Trinajstić information content (AvgIpc) is 3.43. The molecule has 0 aliphatic carbocycles. The molecule has 1 fully saturated rings. The van der Waals surface area contributed by atoms with E-state index in [1.54, 1.807) is 9.47 Å². The lowest BCUT2D eigenvalue weighted by atomic mass is 10.2. The van der Waals surface area contributed by atoms with Gasteiger partial charge < -0.3 is 15.0 Å². The van der Waals surface area contributed by atoms with Gasteiger partial charge in [-0.05, 0) is 68.4 Å². The predicted octanol–water partition coefficient (Wildman–Crippen LogP) is 4.91. The van der Waals surface area contributed by atoms with Gasteiger partial charge in [-0.2, -0.15) is 5.10 Å². The van der Waals surface area contributed by atoms with Gasteiger partial charge in [0.2, 0.25) is 5.91 Å². The standard InChI is InChI=1S/C23H25F2N5O2S/c1-2-32-17-7-5-15(6-8-17)22-27-28-23(33)30(22)12-9-20(31)26-16-13-18(24)21(19(25)14-16)29-10-3-4-11-29/h5-8,13-14H,2-4,9-12H2,1H3,(H,26,31)(H,28,33). The van der Waals surface area contributed by atoms with Crippen LogP contribution in [0.3, 0.4) is 0 Å². The third-order valence-electron chi connectivity index (χ3n) is 5.47. The van der Waals surface area contributed by atoms with Crippen molar-refractivity contribution in [3.63, 3.8) is 0 Å². The van der Waals surface area contributed by atoms with Gasteiger partial charge in [0.1, 0.15) is 11.4 Å². The first-order valence-electron chi connectivity index (χ1n) is 10.9. The number of rotatable bonds is 8. The van der Waals surface area contributed by atoms with Crippen LogP contribution in [-0.4, -0.2) is 40.4 Å². The van der Waals surface area contributed by atoms with Crippen molar-refractivity contribution in [3.05, 3.63) is 52.8 Å². The summed E-state index contributed by atoms with van der Waals surface area (Å²) in [6, 6.07) is 9.71. The summed E-state index contributed by atoms with van der Waals surface area (Å²) in [6.07, 6.45) is 1.87. The van der Waals surface area contributed by atoms with Crippen molar-refractivity contribution in [1.29, 1.82) is 0 Å². The molecule has 2 aromatic carbocycles. The van der Waals surface area contributed by atoms with Gasteiger partial charge in [0.15, 0.2) is 22.2 Å². The average molecular weight is 474 g/mol. The van der Waals surface area contributed by atoms with Gasteiger partial charge in [0, 0.05) is 37.3 Å². The number of benzene rings is 2. The zero-order valence-electron chi connectivity index (χ0n) is 18.2. The van der Waals surface area contributed by atoms with E-state index < -0.39 is 11.6 Å². The SMILES string of the molecule is CCOc1ccc(-c2n[nH]c(=S)n2CCC(=O)Nc2cc(F)c(N3CCCC3)c(F)c2)cc1. The Morgan fingerprint density at radius 3 is 2.48 bits per heavy atom. The van der Waals surface area contributed by atoms with Crippen molar-refractivity contribution in [2.24, 2.45) is 0 Å². The van der Waals surface area contributed by atoms with Gasteiger partial charge in [0.05, 0.1) is 6.61 Å². The summed E-state index contributed by atoms with van der Waals surface area (Å²) < 4.78 is 36.6. The molecule has 0 saturated carbocycles. The third-order valence-corrected chi connectivity index (χ3v) is 5.78. The maximum absolute atomic E-state index is 14.5. The Hall–Kier alpha value is -3.27. The van der Waals surface area contributed by atoms with E-state index in [2.05, 4.69) is 15.5 Å². The maximum atomic E-state index is 14.5. The molecule has 0 atom stereocenters. The van der Waals surface area contributed by atoms with Gasteiger partial charge in [-0.3, -0.25) is 14.5 Å². The van der Waals surface area contributed by atoms with Crippen LogP contribution in [-0.2, 0) is 11.3 Å². The van der Waals surface area contributed by atoms with Gasteiger partial charge in [-0.1, -0.05) is 0 Å². The number of hydrogen-bond donors (Lipinski definition) is 2. The molecular formula is C23H25F2N5O2S. The largest absolute Gasteiger partial charge is 0.494 e. The summed E-state index contributed by atoms with van der Waals surface area (Å²) in [7, 11) is 0. The number of hydrogen-bond acceptors (Lipinski definition) is 5. The molecule has 10 heteroatoms. The van der Waals surface area contributed by atoms with Crippen LogP contribution in [0.1, 0.15) is 26.2 Å². The van der Waals surface area contributed by atoms with Crippen LogP contribution in [0.5, 0.6) is 5.75 Å². The van der Waals surface area contributed by atoms with Crippen LogP contribution < -0.4 is 15.0 Å². The number of halogens is 2. The van der Waals surface area contributed by atoms with Crippen molar-refractivity contribution in [1.82, 2.24) is 14.8 Å². The third kappa shape index (κ3) is 5.22. The first kappa shape index (κ1) is 22.9. The predicted molar refractivity (Wildman–Crippen MR) is 125 cm³/mol. The quantitative estimate of drug-likeness (QED) is 0.455. The molecule has 1 aliphatic rings. The van der Waals surface area contributed by atoms with Crippen LogP contribution in [0.15, 0.2) is 36.4 Å². The van der Waals surface area contributed by atoms with Gasteiger partial charge >= 0.3 is 0 Å². The topological polar surface area (TPSA) is 75.2 Å². The number of H-pyrrole nitrogens is 1. The summed E-state index contributed by atoms with van der Waals surface area (Å²) in [6.45, 7) is 3.99. The molecule has 0 bridgehead atoms. The summed E-state index contributed by atoms with van der Waals surface area (Å²) in [5.74, 6) is -0.410. The molecule has 0 radical (unpaired) electrons. The van der Waals surface area contributed by atoms with Crippen LogP contribution in [0.4, 0.5) is 20.2 Å². The summed E-state index contributed by atoms with van der Waals surface area (Å²) in [5, 5.41) is 9.58. The minimum Gasteiger partial charge on any atom is -0.494 e. The monoisotopic (exact) mass is 473 g/mol. The molecule has 3 aromatic rings. The summed E-state index contributed by atoms with van der Waals surface area (Å²) in [5.41, 5.74) is 0.864. The second kappa shape index (κ2) is 10.1. The Balaban J connectivity index is 1.42. The lowest BCUT2D eigenvalue weighted by molar-refractivity contribution is -0.116. The molecule has 2 N–H and O–H groups in total. The molecule has 4 rings (SSSR count). The second-order valence-electron chi connectivity index (χ2n) is 7.74. The Morgan fingerprint density at radius 1 is 1.18 bits per heavy atom. The van der Waals surface area contributed by atoms with E-state index in [1.807, 2.05) is 31.2 Å². The van der Waals surface area contributed by atoms with Gasteiger partial charge in [-0.15, -0.1) is 0 Å². The fourth-order valence-electron chi connectivity index (χ4n) is 3.93. The number of amides is 1. The fraction of sp³-hybridized carbons (Fsp3) is 0.348. The normalized spacial score (nSPS) is 13.4. The Morgan fingerprint density at radius 2 is 1.85 bits per heavy atom. The minimum atomic E-state index is -0.679. The van der Waals surface area contributed by atoms with Crippen LogP contribution in [0.2, 0.25) is 0 Å². The Labute approximate surface area is 195 Å². The number of anilines is 2. The van der Waals surface area contributed by atoms with E-state index in [0.29, 0.717) is 30.3 Å². The highest BCUT2D eigenvalue weighted by atomic mass is 32.1. The van der Waals surface area contributed by atoms with Gasteiger partial charge in [0.25, 0.3) is 0 Å². The zero-order valence-corrected chi connectivity index (χ0v) is 19.1. The van der Waals surface area contributed by atoms with E-state index in [-0.39, 0.29) is 30.2 Å². The number of carbonyl (C=O) groups is 1. The second-order valence-corrected chi connectivity index (χ2v) is 8.13. The highest BCUT2D eigenvalue weighted by molar-refractivity contribution is 7.71. The van der Waals surface area contributed by atoms with Crippen molar-refractivity contribution >= 4 is 29.5 Å². The number of aromatic amines is 1. The van der Waals surface area contributed by atoms with Crippen LogP contribution in [0, 0.1) is 16.4 Å². The van der Waals surface area contributed by atoms with Crippen molar-refractivity contribution in [3.8, 4) is 17.1 Å². The van der Waals surface area contributed by atoms with E-state index in [4.69, 9.17) is 17.0 Å². The van der Waals surface area contributed by atoms with E-state index in [9.17, 15) is 13.6 Å². The molecule has 2 heterocycles. The molecule has 7 nitrogen and oxygen atoms in total. The van der Waals surface area contributed by atoms with Crippen molar-refractivity contribution in [2.75, 3.05) is 29.9 Å². The Kier molecular flexibility index (Phi) is 7.02. The Bertz CT molecular complexity index is 1160. The molecule has 33 heavy (non-hydrogen) atoms. The first-order valence-corrected chi connectivity index (χ1v) is 11.3. The van der Waals surface area contributed by atoms with Crippen LogP contribution >= 0.6 is 12.2 Å². The highest BCUT2D eigenvalue weighted by Gasteiger charge is 2.21. The number of aromatic nitrogens is 3. The molecular weight excluding hydrogens is 448 g/mol. The first-order chi connectivity index (χ1) is 16.0. The number of nitrogens with zero attached hydrogens (tertiary/aromatic N) is 3. The molecule has 174 valence electrons. The lowest BCUT2D eigenvalue weighted by Gasteiger charge is -2.19.